The summed E-state index contributed by atoms with van der Waals surface area (Å²) in [5, 5.41) is 3.58. The van der Waals surface area contributed by atoms with Gasteiger partial charge < -0.3 is 10.1 Å². The average Bonchev–Trinajstić information content (AvgIpc) is 2.65. The van der Waals surface area contributed by atoms with Gasteiger partial charge in [-0.15, -0.1) is 0 Å². The van der Waals surface area contributed by atoms with Crippen LogP contribution in [0.2, 0.25) is 0 Å². The fourth-order valence-corrected chi connectivity index (χ4v) is 3.14. The second-order valence-electron chi connectivity index (χ2n) is 5.85. The largest absolute Gasteiger partial charge is 0.372 e. The Morgan fingerprint density at radius 1 is 1.24 bits per heavy atom. The minimum atomic E-state index is 0.523. The molecule has 17 heavy (non-hydrogen) atoms. The maximum atomic E-state index is 5.89. The molecule has 0 saturated carbocycles. The summed E-state index contributed by atoms with van der Waals surface area (Å²) in [7, 11) is 0. The van der Waals surface area contributed by atoms with Crippen molar-refractivity contribution >= 4 is 0 Å². The number of hydrogen-bond donors (Lipinski definition) is 1. The van der Waals surface area contributed by atoms with Crippen molar-refractivity contribution in [3.05, 3.63) is 0 Å². The molecule has 2 aliphatic heterocycles. The Labute approximate surface area is 106 Å². The van der Waals surface area contributed by atoms with Crippen molar-refractivity contribution in [2.45, 2.75) is 70.7 Å². The standard InChI is InChI=1S/C14H28N2O/c1-4-7-15-11(2)8-12(3)16-9-13-5-6-14(10-16)17-13/h11-15H,4-10H2,1-3H3. The monoisotopic (exact) mass is 240 g/mol. The Balaban J connectivity index is 1.73. The van der Waals surface area contributed by atoms with Gasteiger partial charge in [0.2, 0.25) is 0 Å². The van der Waals surface area contributed by atoms with Gasteiger partial charge in [-0.25, -0.2) is 0 Å². The zero-order valence-corrected chi connectivity index (χ0v) is 11.6. The second kappa shape index (κ2) is 6.17. The molecule has 3 heteroatoms. The van der Waals surface area contributed by atoms with Gasteiger partial charge in [-0.1, -0.05) is 6.92 Å². The van der Waals surface area contributed by atoms with Crippen molar-refractivity contribution in [3.8, 4) is 0 Å². The average molecular weight is 240 g/mol. The first kappa shape index (κ1) is 13.3. The molecule has 100 valence electrons. The SMILES string of the molecule is CCCNC(C)CC(C)N1CC2CCC(C1)O2. The number of likely N-dealkylation sites (tertiary alicyclic amines) is 1. The van der Waals surface area contributed by atoms with Crippen molar-refractivity contribution in [3.63, 3.8) is 0 Å². The van der Waals surface area contributed by atoms with Crippen LogP contribution in [0.15, 0.2) is 0 Å². The van der Waals surface area contributed by atoms with Gasteiger partial charge in [0.15, 0.2) is 0 Å². The molecular formula is C14H28N2O. The van der Waals surface area contributed by atoms with E-state index in [1.807, 2.05) is 0 Å². The highest BCUT2D eigenvalue weighted by molar-refractivity contribution is 4.87. The molecule has 2 bridgehead atoms. The minimum Gasteiger partial charge on any atom is -0.372 e. The zero-order chi connectivity index (χ0) is 12.3. The van der Waals surface area contributed by atoms with E-state index in [-0.39, 0.29) is 0 Å². The van der Waals surface area contributed by atoms with Crippen LogP contribution in [0, 0.1) is 0 Å². The maximum absolute atomic E-state index is 5.89. The summed E-state index contributed by atoms with van der Waals surface area (Å²) in [6.07, 6.45) is 6.07. The van der Waals surface area contributed by atoms with E-state index in [1.54, 1.807) is 0 Å². The van der Waals surface area contributed by atoms with Crippen molar-refractivity contribution in [2.75, 3.05) is 19.6 Å². The fraction of sp³-hybridized carbons (Fsp3) is 1.00. The highest BCUT2D eigenvalue weighted by atomic mass is 16.5. The lowest BCUT2D eigenvalue weighted by Gasteiger charge is -2.37. The Bertz CT molecular complexity index is 222. The molecule has 0 aliphatic carbocycles. The number of rotatable bonds is 6. The summed E-state index contributed by atoms with van der Waals surface area (Å²) < 4.78 is 5.89. The molecule has 0 aromatic rings. The predicted molar refractivity (Wildman–Crippen MR) is 71.3 cm³/mol. The van der Waals surface area contributed by atoms with Crippen molar-refractivity contribution in [1.29, 1.82) is 0 Å². The predicted octanol–water partition coefficient (Wildman–Crippen LogP) is 2.02. The third-order valence-electron chi connectivity index (χ3n) is 4.13. The van der Waals surface area contributed by atoms with Crippen molar-refractivity contribution < 1.29 is 4.74 Å². The molecule has 2 heterocycles. The number of fused-ring (bicyclic) bond motifs is 2. The van der Waals surface area contributed by atoms with E-state index in [1.165, 1.54) is 25.7 Å². The van der Waals surface area contributed by atoms with E-state index in [9.17, 15) is 0 Å². The van der Waals surface area contributed by atoms with Gasteiger partial charge in [-0.05, 0) is 46.1 Å². The summed E-state index contributed by atoms with van der Waals surface area (Å²) in [6, 6.07) is 1.31. The number of nitrogens with one attached hydrogen (secondary N) is 1. The lowest BCUT2D eigenvalue weighted by atomic mass is 10.1. The van der Waals surface area contributed by atoms with E-state index < -0.39 is 0 Å². The first-order valence-corrected chi connectivity index (χ1v) is 7.32. The third-order valence-corrected chi connectivity index (χ3v) is 4.13. The Hall–Kier alpha value is -0.120. The zero-order valence-electron chi connectivity index (χ0n) is 11.6. The van der Waals surface area contributed by atoms with Gasteiger partial charge >= 0.3 is 0 Å². The molecule has 2 fully saturated rings. The Kier molecular flexibility index (Phi) is 4.83. The van der Waals surface area contributed by atoms with Crippen LogP contribution >= 0.6 is 0 Å². The van der Waals surface area contributed by atoms with Crippen LogP contribution < -0.4 is 5.32 Å². The van der Waals surface area contributed by atoms with Gasteiger partial charge in [0.05, 0.1) is 12.2 Å². The first-order valence-electron chi connectivity index (χ1n) is 7.32. The number of hydrogen-bond acceptors (Lipinski definition) is 3. The van der Waals surface area contributed by atoms with Gasteiger partial charge in [-0.3, -0.25) is 4.90 Å². The van der Waals surface area contributed by atoms with E-state index in [0.29, 0.717) is 24.3 Å². The van der Waals surface area contributed by atoms with Gasteiger partial charge in [0.25, 0.3) is 0 Å². The van der Waals surface area contributed by atoms with Crippen LogP contribution in [0.4, 0.5) is 0 Å². The summed E-state index contributed by atoms with van der Waals surface area (Å²) in [5.41, 5.74) is 0. The molecule has 0 aromatic heterocycles. The van der Waals surface area contributed by atoms with E-state index in [2.05, 4.69) is 31.0 Å². The number of ether oxygens (including phenoxy) is 1. The van der Waals surface area contributed by atoms with Crippen LogP contribution in [0.3, 0.4) is 0 Å². The second-order valence-corrected chi connectivity index (χ2v) is 5.85. The van der Waals surface area contributed by atoms with Crippen LogP contribution in [-0.4, -0.2) is 48.8 Å². The topological polar surface area (TPSA) is 24.5 Å². The maximum Gasteiger partial charge on any atom is 0.0707 e. The molecule has 0 aromatic carbocycles. The molecule has 0 spiro atoms. The highest BCUT2D eigenvalue weighted by Gasteiger charge is 2.35. The van der Waals surface area contributed by atoms with Crippen molar-refractivity contribution in [2.24, 2.45) is 0 Å². The lowest BCUT2D eigenvalue weighted by Crippen LogP contribution is -2.48. The Morgan fingerprint density at radius 3 is 2.47 bits per heavy atom. The molecule has 2 aliphatic rings. The highest BCUT2D eigenvalue weighted by Crippen LogP contribution is 2.27. The summed E-state index contributed by atoms with van der Waals surface area (Å²) >= 11 is 0. The van der Waals surface area contributed by atoms with Crippen LogP contribution in [0.25, 0.3) is 0 Å². The van der Waals surface area contributed by atoms with E-state index >= 15 is 0 Å². The molecule has 3 nitrogen and oxygen atoms in total. The van der Waals surface area contributed by atoms with Crippen LogP contribution in [0.5, 0.6) is 0 Å². The third kappa shape index (κ3) is 3.67. The van der Waals surface area contributed by atoms with Gasteiger partial charge in [-0.2, -0.15) is 0 Å². The molecule has 2 saturated heterocycles. The minimum absolute atomic E-state index is 0.523. The lowest BCUT2D eigenvalue weighted by molar-refractivity contribution is -0.0521. The summed E-state index contributed by atoms with van der Waals surface area (Å²) in [6.45, 7) is 10.3. The molecule has 4 unspecified atom stereocenters. The van der Waals surface area contributed by atoms with Crippen molar-refractivity contribution in [1.82, 2.24) is 10.2 Å². The molecule has 2 rings (SSSR count). The molecule has 1 N–H and O–H groups in total. The molecular weight excluding hydrogens is 212 g/mol. The smallest absolute Gasteiger partial charge is 0.0707 e. The summed E-state index contributed by atoms with van der Waals surface area (Å²) in [5.74, 6) is 0. The first-order chi connectivity index (χ1) is 8.19. The van der Waals surface area contributed by atoms with Crippen LogP contribution in [-0.2, 0) is 4.74 Å². The molecule has 0 amide bonds. The normalized spacial score (nSPS) is 32.6. The van der Waals surface area contributed by atoms with E-state index in [4.69, 9.17) is 4.74 Å². The molecule has 0 radical (unpaired) electrons. The number of morpholine rings is 1. The molecule has 4 atom stereocenters. The van der Waals surface area contributed by atoms with E-state index in [0.717, 1.165) is 19.6 Å². The number of nitrogens with zero attached hydrogens (tertiary/aromatic N) is 1. The summed E-state index contributed by atoms with van der Waals surface area (Å²) in [4.78, 5) is 2.63. The van der Waals surface area contributed by atoms with Gasteiger partial charge in [0.1, 0.15) is 0 Å². The fourth-order valence-electron chi connectivity index (χ4n) is 3.14. The van der Waals surface area contributed by atoms with Crippen LogP contribution in [0.1, 0.15) is 46.5 Å². The van der Waals surface area contributed by atoms with Gasteiger partial charge in [0, 0.05) is 25.2 Å². The quantitative estimate of drug-likeness (QED) is 0.769. The Morgan fingerprint density at radius 2 is 1.88 bits per heavy atom.